The smallest absolute Gasteiger partial charge is 0.124 e. The Kier molecular flexibility index (Phi) is 3.79. The van der Waals surface area contributed by atoms with Gasteiger partial charge in [-0.1, -0.05) is 30.3 Å². The largest absolute Gasteiger partial charge is 0.496 e. The van der Waals surface area contributed by atoms with Gasteiger partial charge in [0, 0.05) is 41.8 Å². The molecule has 3 nitrogen and oxygen atoms in total. The lowest BCUT2D eigenvalue weighted by atomic mass is 9.71. The van der Waals surface area contributed by atoms with E-state index in [4.69, 9.17) is 4.74 Å². The van der Waals surface area contributed by atoms with Crippen molar-refractivity contribution in [2.45, 2.75) is 32.4 Å². The Labute approximate surface area is 155 Å². The first kappa shape index (κ1) is 16.0. The maximum Gasteiger partial charge on any atom is 0.124 e. The minimum Gasteiger partial charge on any atom is -0.496 e. The van der Waals surface area contributed by atoms with Crippen molar-refractivity contribution in [2.75, 3.05) is 13.7 Å². The van der Waals surface area contributed by atoms with Gasteiger partial charge in [-0.3, -0.25) is 4.90 Å². The molecular formula is C23H26N2O. The van der Waals surface area contributed by atoms with Crippen LogP contribution in [0.25, 0.3) is 10.9 Å². The van der Waals surface area contributed by atoms with Crippen molar-refractivity contribution in [3.63, 3.8) is 0 Å². The van der Waals surface area contributed by atoms with Gasteiger partial charge in [-0.2, -0.15) is 0 Å². The molecule has 2 heterocycles. The zero-order valence-corrected chi connectivity index (χ0v) is 15.5. The number of benzene rings is 2. The van der Waals surface area contributed by atoms with Crippen LogP contribution in [0.5, 0.6) is 5.75 Å². The second-order valence-electron chi connectivity index (χ2n) is 7.93. The van der Waals surface area contributed by atoms with Gasteiger partial charge >= 0.3 is 0 Å². The number of aryl methyl sites for hydroxylation is 1. The second-order valence-corrected chi connectivity index (χ2v) is 7.93. The van der Waals surface area contributed by atoms with Crippen molar-refractivity contribution < 1.29 is 4.74 Å². The summed E-state index contributed by atoms with van der Waals surface area (Å²) in [7, 11) is 1.79. The van der Waals surface area contributed by atoms with E-state index in [0.29, 0.717) is 6.04 Å². The Morgan fingerprint density at radius 1 is 1.15 bits per heavy atom. The predicted molar refractivity (Wildman–Crippen MR) is 105 cm³/mol. The normalized spacial score (nSPS) is 25.2. The molecule has 1 aromatic heterocycles. The molecule has 2 fully saturated rings. The quantitative estimate of drug-likeness (QED) is 0.714. The summed E-state index contributed by atoms with van der Waals surface area (Å²) in [5, 5.41) is 1.30. The monoisotopic (exact) mass is 346 g/mol. The highest BCUT2D eigenvalue weighted by molar-refractivity contribution is 5.88. The lowest BCUT2D eigenvalue weighted by Gasteiger charge is -2.34. The van der Waals surface area contributed by atoms with E-state index >= 15 is 0 Å². The van der Waals surface area contributed by atoms with Crippen molar-refractivity contribution in [3.8, 4) is 5.75 Å². The molecule has 134 valence electrons. The summed E-state index contributed by atoms with van der Waals surface area (Å²) in [6, 6.07) is 16.0. The lowest BCUT2D eigenvalue weighted by Crippen LogP contribution is -2.27. The van der Waals surface area contributed by atoms with Crippen LogP contribution in [-0.2, 0) is 6.54 Å². The summed E-state index contributed by atoms with van der Waals surface area (Å²) in [5.74, 6) is 2.69. The number of aromatic amines is 1. The van der Waals surface area contributed by atoms with Gasteiger partial charge in [0.05, 0.1) is 7.11 Å². The second kappa shape index (κ2) is 6.17. The molecule has 2 aromatic carbocycles. The molecule has 1 aliphatic heterocycles. The fourth-order valence-corrected chi connectivity index (χ4v) is 5.18. The van der Waals surface area contributed by atoms with Crippen LogP contribution in [0.3, 0.4) is 0 Å². The number of ether oxygens (including phenoxy) is 1. The van der Waals surface area contributed by atoms with Crippen LogP contribution in [0.2, 0.25) is 0 Å². The van der Waals surface area contributed by atoms with Crippen LogP contribution in [0.4, 0.5) is 0 Å². The van der Waals surface area contributed by atoms with Gasteiger partial charge in [0.2, 0.25) is 0 Å². The van der Waals surface area contributed by atoms with E-state index in [-0.39, 0.29) is 0 Å². The number of fused-ring (bicyclic) bond motifs is 2. The Balaban J connectivity index is 1.55. The van der Waals surface area contributed by atoms with E-state index in [0.717, 1.165) is 24.1 Å². The molecule has 3 heteroatoms. The fourth-order valence-electron chi connectivity index (χ4n) is 5.18. The molecule has 0 bridgehead atoms. The SMILES string of the molecule is COc1cc(C)c2[nH]ccc2c1CN1CC2CCC2C1c1ccccc1. The van der Waals surface area contributed by atoms with E-state index in [1.54, 1.807) is 7.11 Å². The first-order valence-corrected chi connectivity index (χ1v) is 9.69. The van der Waals surface area contributed by atoms with Crippen LogP contribution in [0.1, 0.15) is 35.6 Å². The van der Waals surface area contributed by atoms with Crippen LogP contribution in [0.15, 0.2) is 48.7 Å². The van der Waals surface area contributed by atoms with Crippen molar-refractivity contribution in [3.05, 3.63) is 65.4 Å². The molecule has 0 amide bonds. The number of H-pyrrole nitrogens is 1. The van der Waals surface area contributed by atoms with Crippen molar-refractivity contribution in [1.82, 2.24) is 9.88 Å². The minimum atomic E-state index is 0.537. The molecule has 3 atom stereocenters. The number of hydrogen-bond acceptors (Lipinski definition) is 2. The van der Waals surface area contributed by atoms with Gasteiger partial charge in [-0.05, 0) is 54.9 Å². The van der Waals surface area contributed by atoms with Gasteiger partial charge < -0.3 is 9.72 Å². The molecule has 1 aliphatic carbocycles. The number of hydrogen-bond donors (Lipinski definition) is 1. The first-order chi connectivity index (χ1) is 12.8. The molecule has 0 radical (unpaired) electrons. The first-order valence-electron chi connectivity index (χ1n) is 9.69. The van der Waals surface area contributed by atoms with Gasteiger partial charge in [-0.25, -0.2) is 0 Å². The third-order valence-corrected chi connectivity index (χ3v) is 6.58. The van der Waals surface area contributed by atoms with E-state index in [1.807, 2.05) is 6.20 Å². The van der Waals surface area contributed by atoms with Crippen molar-refractivity contribution >= 4 is 10.9 Å². The van der Waals surface area contributed by atoms with Crippen molar-refractivity contribution in [2.24, 2.45) is 11.8 Å². The maximum absolute atomic E-state index is 5.78. The number of methoxy groups -OCH3 is 1. The molecule has 3 aromatic rings. The molecular weight excluding hydrogens is 320 g/mol. The predicted octanol–water partition coefficient (Wildman–Crippen LogP) is 5.07. The average Bonchev–Trinajstić information content (AvgIpc) is 3.23. The van der Waals surface area contributed by atoms with Gasteiger partial charge in [0.15, 0.2) is 0 Å². The van der Waals surface area contributed by atoms with Gasteiger partial charge in [0.1, 0.15) is 5.75 Å². The highest BCUT2D eigenvalue weighted by atomic mass is 16.5. The molecule has 2 aliphatic rings. The zero-order chi connectivity index (χ0) is 17.7. The van der Waals surface area contributed by atoms with Gasteiger partial charge in [0.25, 0.3) is 0 Å². The highest BCUT2D eigenvalue weighted by Crippen LogP contribution is 2.52. The number of aromatic nitrogens is 1. The van der Waals surface area contributed by atoms with E-state index in [1.165, 1.54) is 47.0 Å². The summed E-state index contributed by atoms with van der Waals surface area (Å²) >= 11 is 0. The minimum absolute atomic E-state index is 0.537. The Bertz CT molecular complexity index is 930. The molecule has 5 rings (SSSR count). The highest BCUT2D eigenvalue weighted by Gasteiger charge is 2.47. The fraction of sp³-hybridized carbons (Fsp3) is 0.391. The number of nitrogens with zero attached hydrogens (tertiary/aromatic N) is 1. The van der Waals surface area contributed by atoms with E-state index < -0.39 is 0 Å². The molecule has 3 unspecified atom stereocenters. The standard InChI is InChI=1S/C23H26N2O/c1-15-12-21(26-2)20(19-10-11-24-22(15)19)14-25-13-17-8-9-18(17)23(25)16-6-4-3-5-7-16/h3-7,10-12,17-18,23-24H,8-9,13-14H2,1-2H3. The van der Waals surface area contributed by atoms with Gasteiger partial charge in [-0.15, -0.1) is 0 Å². The summed E-state index contributed by atoms with van der Waals surface area (Å²) < 4.78 is 5.78. The molecule has 0 spiro atoms. The summed E-state index contributed by atoms with van der Waals surface area (Å²) in [5.41, 5.74) is 5.26. The molecule has 1 N–H and O–H groups in total. The Hall–Kier alpha value is -2.26. The molecule has 1 saturated carbocycles. The third-order valence-electron chi connectivity index (χ3n) is 6.58. The van der Waals surface area contributed by atoms with Crippen LogP contribution >= 0.6 is 0 Å². The number of rotatable bonds is 4. The van der Waals surface area contributed by atoms with Crippen LogP contribution < -0.4 is 4.74 Å². The van der Waals surface area contributed by atoms with Crippen LogP contribution in [-0.4, -0.2) is 23.5 Å². The Morgan fingerprint density at radius 3 is 2.73 bits per heavy atom. The Morgan fingerprint density at radius 2 is 2.00 bits per heavy atom. The summed E-state index contributed by atoms with van der Waals surface area (Å²) in [4.78, 5) is 6.09. The average molecular weight is 346 g/mol. The summed E-state index contributed by atoms with van der Waals surface area (Å²) in [6.45, 7) is 4.30. The summed E-state index contributed by atoms with van der Waals surface area (Å²) in [6.07, 6.45) is 4.80. The molecule has 26 heavy (non-hydrogen) atoms. The topological polar surface area (TPSA) is 28.3 Å². The maximum atomic E-state index is 5.78. The number of nitrogens with one attached hydrogen (secondary N) is 1. The van der Waals surface area contributed by atoms with Crippen molar-refractivity contribution in [1.29, 1.82) is 0 Å². The lowest BCUT2D eigenvalue weighted by molar-refractivity contribution is 0.182. The molecule has 1 saturated heterocycles. The zero-order valence-electron chi connectivity index (χ0n) is 15.5. The van der Waals surface area contributed by atoms with E-state index in [9.17, 15) is 0 Å². The van der Waals surface area contributed by atoms with Crippen LogP contribution in [0, 0.1) is 18.8 Å². The number of likely N-dealkylation sites (tertiary alicyclic amines) is 1. The third kappa shape index (κ3) is 2.38. The van der Waals surface area contributed by atoms with E-state index in [2.05, 4.69) is 59.3 Å².